The quantitative estimate of drug-likeness (QED) is 0.746. The summed E-state index contributed by atoms with van der Waals surface area (Å²) in [5.74, 6) is 0.665. The zero-order chi connectivity index (χ0) is 11.5. The first-order valence-electron chi connectivity index (χ1n) is 4.89. The minimum atomic E-state index is -0.979. The van der Waals surface area contributed by atoms with Crippen molar-refractivity contribution < 1.29 is 4.55 Å². The predicted octanol–water partition coefficient (Wildman–Crippen LogP) is 2.19. The van der Waals surface area contributed by atoms with Crippen molar-refractivity contribution in [1.82, 2.24) is 9.97 Å². The lowest BCUT2D eigenvalue weighted by Gasteiger charge is -2.07. The molecule has 0 saturated carbocycles. The van der Waals surface area contributed by atoms with Gasteiger partial charge in [-0.3, -0.25) is 0 Å². The largest absolute Gasteiger partial charge is 0.612 e. The summed E-state index contributed by atoms with van der Waals surface area (Å²) in [5.41, 5.74) is 1.97. The number of hydrogen-bond donors (Lipinski definition) is 0. The SMILES string of the molecule is Cc1cc(-c2ncccn2)cc([S+](C)[O-])c1. The van der Waals surface area contributed by atoms with Crippen LogP contribution in [0.15, 0.2) is 41.6 Å². The fraction of sp³-hybridized carbons (Fsp3) is 0.167. The van der Waals surface area contributed by atoms with Crippen LogP contribution in [0, 0.1) is 6.92 Å². The summed E-state index contributed by atoms with van der Waals surface area (Å²) in [7, 11) is 0. The summed E-state index contributed by atoms with van der Waals surface area (Å²) in [5, 5.41) is 0. The van der Waals surface area contributed by atoms with E-state index in [1.807, 2.05) is 25.1 Å². The Balaban J connectivity index is 2.50. The molecule has 0 aliphatic heterocycles. The average molecular weight is 232 g/mol. The molecule has 16 heavy (non-hydrogen) atoms. The zero-order valence-corrected chi connectivity index (χ0v) is 9.99. The number of hydrogen-bond acceptors (Lipinski definition) is 3. The summed E-state index contributed by atoms with van der Waals surface area (Å²) in [6, 6.07) is 7.56. The predicted molar refractivity (Wildman–Crippen MR) is 64.5 cm³/mol. The molecule has 1 aromatic carbocycles. The van der Waals surface area contributed by atoms with E-state index in [1.54, 1.807) is 24.7 Å². The smallest absolute Gasteiger partial charge is 0.159 e. The third-order valence-corrected chi connectivity index (χ3v) is 3.11. The highest BCUT2D eigenvalue weighted by molar-refractivity contribution is 7.90. The summed E-state index contributed by atoms with van der Waals surface area (Å²) >= 11 is -0.979. The molecule has 82 valence electrons. The summed E-state index contributed by atoms with van der Waals surface area (Å²) < 4.78 is 11.5. The van der Waals surface area contributed by atoms with Crippen molar-refractivity contribution >= 4 is 11.2 Å². The standard InChI is InChI=1S/C12H12N2OS/c1-9-6-10(8-11(7-9)16(2)15)12-13-4-3-5-14-12/h3-8H,1-2H3. The lowest BCUT2D eigenvalue weighted by molar-refractivity contribution is 0.601. The molecule has 0 aliphatic rings. The lowest BCUT2D eigenvalue weighted by Crippen LogP contribution is -1.99. The number of nitrogens with zero attached hydrogens (tertiary/aromatic N) is 2. The number of benzene rings is 1. The molecule has 0 spiro atoms. The van der Waals surface area contributed by atoms with E-state index in [2.05, 4.69) is 9.97 Å². The van der Waals surface area contributed by atoms with Gasteiger partial charge in [-0.05, 0) is 41.9 Å². The van der Waals surface area contributed by atoms with Gasteiger partial charge in [-0.15, -0.1) is 0 Å². The Bertz CT molecular complexity index is 486. The van der Waals surface area contributed by atoms with Crippen LogP contribution in [0.1, 0.15) is 5.56 Å². The average Bonchev–Trinajstić information content (AvgIpc) is 2.29. The van der Waals surface area contributed by atoms with E-state index in [4.69, 9.17) is 0 Å². The van der Waals surface area contributed by atoms with E-state index >= 15 is 0 Å². The minimum absolute atomic E-state index is 0.665. The molecule has 0 bridgehead atoms. The van der Waals surface area contributed by atoms with E-state index in [9.17, 15) is 4.55 Å². The molecular weight excluding hydrogens is 220 g/mol. The highest BCUT2D eigenvalue weighted by Crippen LogP contribution is 2.21. The van der Waals surface area contributed by atoms with Gasteiger partial charge in [0.2, 0.25) is 0 Å². The van der Waals surface area contributed by atoms with Crippen LogP contribution >= 0.6 is 0 Å². The van der Waals surface area contributed by atoms with Crippen molar-refractivity contribution in [3.63, 3.8) is 0 Å². The summed E-state index contributed by atoms with van der Waals surface area (Å²) in [4.78, 5) is 9.17. The molecule has 0 radical (unpaired) electrons. The molecule has 1 atom stereocenters. The van der Waals surface area contributed by atoms with Gasteiger partial charge in [0.25, 0.3) is 0 Å². The van der Waals surface area contributed by atoms with Gasteiger partial charge in [0.15, 0.2) is 10.7 Å². The first kappa shape index (κ1) is 11.1. The Morgan fingerprint density at radius 1 is 1.12 bits per heavy atom. The van der Waals surface area contributed by atoms with E-state index in [0.717, 1.165) is 16.0 Å². The van der Waals surface area contributed by atoms with Gasteiger partial charge in [-0.25, -0.2) is 9.97 Å². The molecule has 1 unspecified atom stereocenters. The molecule has 0 fully saturated rings. The number of aromatic nitrogens is 2. The van der Waals surface area contributed by atoms with E-state index in [1.165, 1.54) is 0 Å². The van der Waals surface area contributed by atoms with Crippen molar-refractivity contribution in [2.75, 3.05) is 6.26 Å². The Hall–Kier alpha value is -1.39. The Labute approximate surface area is 97.8 Å². The van der Waals surface area contributed by atoms with Crippen LogP contribution in [0.3, 0.4) is 0 Å². The monoisotopic (exact) mass is 232 g/mol. The Kier molecular flexibility index (Phi) is 3.22. The first-order chi connectivity index (χ1) is 7.66. The Morgan fingerprint density at radius 2 is 1.81 bits per heavy atom. The van der Waals surface area contributed by atoms with Gasteiger partial charge in [0.1, 0.15) is 6.26 Å². The first-order valence-corrected chi connectivity index (χ1v) is 6.45. The van der Waals surface area contributed by atoms with Gasteiger partial charge < -0.3 is 4.55 Å². The van der Waals surface area contributed by atoms with Crippen molar-refractivity contribution in [2.45, 2.75) is 11.8 Å². The molecule has 0 saturated heterocycles. The second-order valence-electron chi connectivity index (χ2n) is 3.56. The number of rotatable bonds is 2. The van der Waals surface area contributed by atoms with E-state index in [-0.39, 0.29) is 0 Å². The van der Waals surface area contributed by atoms with Gasteiger partial charge in [-0.2, -0.15) is 0 Å². The molecule has 3 nitrogen and oxygen atoms in total. The molecule has 0 aliphatic carbocycles. The molecule has 4 heteroatoms. The van der Waals surface area contributed by atoms with Crippen molar-refractivity contribution in [3.05, 3.63) is 42.2 Å². The van der Waals surface area contributed by atoms with Crippen LogP contribution in [0.4, 0.5) is 0 Å². The molecule has 2 rings (SSSR count). The van der Waals surface area contributed by atoms with Crippen LogP contribution in [-0.2, 0) is 11.2 Å². The minimum Gasteiger partial charge on any atom is -0.612 e. The maximum Gasteiger partial charge on any atom is 0.159 e. The van der Waals surface area contributed by atoms with E-state index < -0.39 is 11.2 Å². The molecule has 0 N–H and O–H groups in total. The van der Waals surface area contributed by atoms with Gasteiger partial charge in [-0.1, -0.05) is 0 Å². The third-order valence-electron chi connectivity index (χ3n) is 2.21. The normalized spacial score (nSPS) is 12.4. The van der Waals surface area contributed by atoms with Crippen LogP contribution in [0.5, 0.6) is 0 Å². The highest BCUT2D eigenvalue weighted by Gasteiger charge is 2.09. The van der Waals surface area contributed by atoms with Crippen molar-refractivity contribution in [2.24, 2.45) is 0 Å². The van der Waals surface area contributed by atoms with Crippen LogP contribution in [0.25, 0.3) is 11.4 Å². The summed E-state index contributed by atoms with van der Waals surface area (Å²) in [6.07, 6.45) is 5.07. The van der Waals surface area contributed by atoms with Crippen molar-refractivity contribution in [3.8, 4) is 11.4 Å². The maximum atomic E-state index is 11.5. The van der Waals surface area contributed by atoms with E-state index in [0.29, 0.717) is 5.82 Å². The maximum absolute atomic E-state index is 11.5. The zero-order valence-electron chi connectivity index (χ0n) is 9.18. The van der Waals surface area contributed by atoms with Crippen molar-refractivity contribution in [1.29, 1.82) is 0 Å². The van der Waals surface area contributed by atoms with Crippen LogP contribution < -0.4 is 0 Å². The van der Waals surface area contributed by atoms with Gasteiger partial charge >= 0.3 is 0 Å². The molecule has 1 heterocycles. The highest BCUT2D eigenvalue weighted by atomic mass is 32.2. The molecule has 2 aromatic rings. The topological polar surface area (TPSA) is 48.8 Å². The molecular formula is C12H12N2OS. The van der Waals surface area contributed by atoms with Gasteiger partial charge in [0, 0.05) is 24.0 Å². The second kappa shape index (κ2) is 4.63. The number of aryl methyl sites for hydroxylation is 1. The lowest BCUT2D eigenvalue weighted by atomic mass is 10.1. The van der Waals surface area contributed by atoms with Crippen LogP contribution in [-0.4, -0.2) is 20.8 Å². The van der Waals surface area contributed by atoms with Crippen LogP contribution in [0.2, 0.25) is 0 Å². The van der Waals surface area contributed by atoms with Gasteiger partial charge in [0.05, 0.1) is 0 Å². The summed E-state index contributed by atoms with van der Waals surface area (Å²) in [6.45, 7) is 1.98. The molecule has 0 amide bonds. The Morgan fingerprint density at radius 3 is 2.44 bits per heavy atom. The molecule has 1 aromatic heterocycles. The second-order valence-corrected chi connectivity index (χ2v) is 4.94. The fourth-order valence-corrected chi connectivity index (χ4v) is 2.14. The third kappa shape index (κ3) is 2.40. The fourth-order valence-electron chi connectivity index (χ4n) is 1.49.